The van der Waals surface area contributed by atoms with E-state index in [0.29, 0.717) is 6.54 Å². The Hall–Kier alpha value is -1.32. The van der Waals surface area contributed by atoms with Gasteiger partial charge in [-0.3, -0.25) is 4.79 Å². The third-order valence-corrected chi connectivity index (χ3v) is 2.47. The summed E-state index contributed by atoms with van der Waals surface area (Å²) in [6, 6.07) is 0. The number of hydrogen-bond acceptors (Lipinski definition) is 3. The molecule has 1 aromatic rings. The van der Waals surface area contributed by atoms with E-state index in [-0.39, 0.29) is 5.91 Å². The van der Waals surface area contributed by atoms with Gasteiger partial charge in [0.05, 0.1) is 12.2 Å². The van der Waals surface area contributed by atoms with Crippen molar-refractivity contribution in [3.8, 4) is 0 Å². The van der Waals surface area contributed by atoms with Gasteiger partial charge in [-0.2, -0.15) is 0 Å². The average molecular weight is 180 g/mol. The summed E-state index contributed by atoms with van der Waals surface area (Å²) in [6.07, 6.45) is 0.787. The summed E-state index contributed by atoms with van der Waals surface area (Å²) in [5.41, 5.74) is 1.99. The average Bonchev–Trinajstić information content (AvgIpc) is 2.47. The predicted octanol–water partition coefficient (Wildman–Crippen LogP) is 0.888. The minimum Gasteiger partial charge on any atom is -0.361 e. The number of nitrogens with zero attached hydrogens (tertiary/aromatic N) is 2. The zero-order valence-corrected chi connectivity index (χ0v) is 7.83. The summed E-state index contributed by atoms with van der Waals surface area (Å²) in [4.78, 5) is 12.9. The van der Waals surface area contributed by atoms with Crippen LogP contribution in [0.3, 0.4) is 0 Å². The van der Waals surface area contributed by atoms with E-state index >= 15 is 0 Å². The first-order valence-corrected chi connectivity index (χ1v) is 4.38. The van der Waals surface area contributed by atoms with Gasteiger partial charge in [-0.1, -0.05) is 5.16 Å². The fourth-order valence-corrected chi connectivity index (χ4v) is 1.61. The van der Waals surface area contributed by atoms with E-state index in [0.717, 1.165) is 30.0 Å². The van der Waals surface area contributed by atoms with Crippen molar-refractivity contribution in [1.82, 2.24) is 10.1 Å². The van der Waals surface area contributed by atoms with Gasteiger partial charge in [0.1, 0.15) is 5.76 Å². The van der Waals surface area contributed by atoms with E-state index in [1.165, 1.54) is 0 Å². The first-order chi connectivity index (χ1) is 6.18. The minimum atomic E-state index is 0.117. The lowest BCUT2D eigenvalue weighted by Crippen LogP contribution is -2.33. The van der Waals surface area contributed by atoms with Crippen LogP contribution in [0.4, 0.5) is 0 Å². The molecule has 1 aromatic heterocycles. The third-order valence-electron chi connectivity index (χ3n) is 2.47. The second-order valence-corrected chi connectivity index (χ2v) is 3.36. The van der Waals surface area contributed by atoms with Crippen molar-refractivity contribution >= 4 is 5.91 Å². The lowest BCUT2D eigenvalue weighted by molar-refractivity contribution is -0.129. The van der Waals surface area contributed by atoms with Gasteiger partial charge in [0, 0.05) is 25.5 Å². The molecule has 0 saturated carbocycles. The van der Waals surface area contributed by atoms with Crippen molar-refractivity contribution in [2.24, 2.45) is 0 Å². The lowest BCUT2D eigenvalue weighted by atomic mass is 10.1. The Labute approximate surface area is 76.5 Å². The topological polar surface area (TPSA) is 46.3 Å². The Morgan fingerprint density at radius 1 is 1.62 bits per heavy atom. The fourth-order valence-electron chi connectivity index (χ4n) is 1.61. The van der Waals surface area contributed by atoms with Crippen LogP contribution in [0.15, 0.2) is 4.52 Å². The van der Waals surface area contributed by atoms with Gasteiger partial charge in [0.15, 0.2) is 0 Å². The van der Waals surface area contributed by atoms with Gasteiger partial charge in [0.25, 0.3) is 0 Å². The van der Waals surface area contributed by atoms with Gasteiger partial charge >= 0.3 is 0 Å². The molecule has 0 aromatic carbocycles. The number of rotatable bonds is 0. The molecule has 0 unspecified atom stereocenters. The van der Waals surface area contributed by atoms with Crippen molar-refractivity contribution in [1.29, 1.82) is 0 Å². The van der Waals surface area contributed by atoms with Crippen molar-refractivity contribution in [2.75, 3.05) is 6.54 Å². The SMILES string of the molecule is CC(=O)N1CCc2onc(C)c2C1. The third kappa shape index (κ3) is 1.32. The van der Waals surface area contributed by atoms with Crippen LogP contribution in [0.25, 0.3) is 0 Å². The number of hydrogen-bond donors (Lipinski definition) is 0. The van der Waals surface area contributed by atoms with E-state index in [4.69, 9.17) is 4.52 Å². The van der Waals surface area contributed by atoms with E-state index in [2.05, 4.69) is 5.16 Å². The maximum Gasteiger partial charge on any atom is 0.219 e. The summed E-state index contributed by atoms with van der Waals surface area (Å²) in [7, 11) is 0. The molecule has 0 N–H and O–H groups in total. The number of carbonyl (C=O) groups excluding carboxylic acids is 1. The summed E-state index contributed by atoms with van der Waals surface area (Å²) >= 11 is 0. The van der Waals surface area contributed by atoms with Gasteiger partial charge in [-0.25, -0.2) is 0 Å². The number of fused-ring (bicyclic) bond motifs is 1. The lowest BCUT2D eigenvalue weighted by Gasteiger charge is -2.24. The number of carbonyl (C=O) groups is 1. The minimum absolute atomic E-state index is 0.117. The Balaban J connectivity index is 2.27. The molecule has 0 radical (unpaired) electrons. The molecule has 1 aliphatic rings. The highest BCUT2D eigenvalue weighted by Gasteiger charge is 2.23. The molecule has 0 aliphatic carbocycles. The molecule has 13 heavy (non-hydrogen) atoms. The quantitative estimate of drug-likeness (QED) is 0.595. The van der Waals surface area contributed by atoms with Crippen LogP contribution < -0.4 is 0 Å². The maximum atomic E-state index is 11.1. The molecular weight excluding hydrogens is 168 g/mol. The largest absolute Gasteiger partial charge is 0.361 e. The van der Waals surface area contributed by atoms with Crippen LogP contribution >= 0.6 is 0 Å². The van der Waals surface area contributed by atoms with Gasteiger partial charge in [-0.15, -0.1) is 0 Å². The number of aromatic nitrogens is 1. The summed E-state index contributed by atoms with van der Waals surface area (Å²) in [6.45, 7) is 4.90. The Morgan fingerprint density at radius 3 is 3.08 bits per heavy atom. The molecule has 0 fully saturated rings. The molecular formula is C9H12N2O2. The summed E-state index contributed by atoms with van der Waals surface area (Å²) < 4.78 is 5.13. The van der Waals surface area contributed by atoms with Crippen molar-refractivity contribution < 1.29 is 9.32 Å². The normalized spacial score (nSPS) is 15.7. The first-order valence-electron chi connectivity index (χ1n) is 4.38. The molecule has 0 atom stereocenters. The molecule has 70 valence electrons. The molecule has 1 amide bonds. The Bertz CT molecular complexity index is 343. The van der Waals surface area contributed by atoms with E-state index in [9.17, 15) is 4.79 Å². The zero-order valence-electron chi connectivity index (χ0n) is 7.83. The highest BCUT2D eigenvalue weighted by atomic mass is 16.5. The smallest absolute Gasteiger partial charge is 0.219 e. The Kier molecular flexibility index (Phi) is 1.83. The van der Waals surface area contributed by atoms with E-state index in [1.807, 2.05) is 11.8 Å². The molecule has 0 saturated heterocycles. The highest BCUT2D eigenvalue weighted by Crippen LogP contribution is 2.21. The summed E-state index contributed by atoms with van der Waals surface area (Å²) in [5.74, 6) is 1.06. The highest BCUT2D eigenvalue weighted by molar-refractivity contribution is 5.73. The molecule has 1 aliphatic heterocycles. The first kappa shape index (κ1) is 8.29. The van der Waals surface area contributed by atoms with Crippen molar-refractivity contribution in [3.05, 3.63) is 17.0 Å². The monoisotopic (exact) mass is 180 g/mol. The van der Waals surface area contributed by atoms with E-state index in [1.54, 1.807) is 6.92 Å². The maximum absolute atomic E-state index is 11.1. The zero-order chi connectivity index (χ0) is 9.42. The van der Waals surface area contributed by atoms with Gasteiger partial charge in [0.2, 0.25) is 5.91 Å². The number of aryl methyl sites for hydroxylation is 1. The van der Waals surface area contributed by atoms with Crippen molar-refractivity contribution in [3.63, 3.8) is 0 Å². The van der Waals surface area contributed by atoms with Gasteiger partial charge < -0.3 is 9.42 Å². The van der Waals surface area contributed by atoms with E-state index < -0.39 is 0 Å². The predicted molar refractivity (Wildman–Crippen MR) is 46.0 cm³/mol. The summed E-state index contributed by atoms with van der Waals surface area (Å²) in [5, 5.41) is 3.88. The molecule has 0 spiro atoms. The molecule has 2 rings (SSSR count). The van der Waals surface area contributed by atoms with Crippen molar-refractivity contribution in [2.45, 2.75) is 26.8 Å². The Morgan fingerprint density at radius 2 is 2.38 bits per heavy atom. The van der Waals surface area contributed by atoms with Crippen LogP contribution in [0.2, 0.25) is 0 Å². The molecule has 4 nitrogen and oxygen atoms in total. The molecule has 4 heteroatoms. The second kappa shape index (κ2) is 2.87. The van der Waals surface area contributed by atoms with Crippen LogP contribution in [0.1, 0.15) is 23.9 Å². The standard InChI is InChI=1S/C9H12N2O2/c1-6-8-5-11(7(2)12)4-3-9(8)13-10-6/h3-5H2,1-2H3. The number of amides is 1. The van der Waals surface area contributed by atoms with Crippen LogP contribution in [-0.4, -0.2) is 22.5 Å². The van der Waals surface area contributed by atoms with Crippen LogP contribution in [-0.2, 0) is 17.8 Å². The van der Waals surface area contributed by atoms with Gasteiger partial charge in [-0.05, 0) is 6.92 Å². The fraction of sp³-hybridized carbons (Fsp3) is 0.556. The molecule has 0 bridgehead atoms. The van der Waals surface area contributed by atoms with Crippen LogP contribution in [0, 0.1) is 6.92 Å². The van der Waals surface area contributed by atoms with Crippen LogP contribution in [0.5, 0.6) is 0 Å². The second-order valence-electron chi connectivity index (χ2n) is 3.36. The molecule has 2 heterocycles.